The van der Waals surface area contributed by atoms with Crippen LogP contribution in [0, 0.1) is 5.92 Å². The number of carbonyl (C=O) groups excluding carboxylic acids is 1. The molecule has 0 aliphatic carbocycles. The Morgan fingerprint density at radius 1 is 1.22 bits per heavy atom. The highest BCUT2D eigenvalue weighted by Crippen LogP contribution is 2.16. The molecule has 1 aromatic heterocycles. The van der Waals surface area contributed by atoms with Gasteiger partial charge in [-0.1, -0.05) is 38.1 Å². The van der Waals surface area contributed by atoms with Crippen molar-refractivity contribution in [1.82, 2.24) is 25.0 Å². The van der Waals surface area contributed by atoms with Crippen molar-refractivity contribution < 1.29 is 4.79 Å². The maximum atomic E-state index is 12.5. The van der Waals surface area contributed by atoms with E-state index in [-0.39, 0.29) is 17.9 Å². The van der Waals surface area contributed by atoms with Gasteiger partial charge in [-0.15, -0.1) is 0 Å². The Bertz CT molecular complexity index is 604. The number of hydrogen-bond donors (Lipinski definition) is 1. The van der Waals surface area contributed by atoms with E-state index in [1.54, 1.807) is 11.0 Å². The highest BCUT2D eigenvalue weighted by Gasteiger charge is 2.24. The zero-order valence-electron chi connectivity index (χ0n) is 14.2. The fraction of sp³-hybridized carbons (Fsp3) is 0.471. The summed E-state index contributed by atoms with van der Waals surface area (Å²) in [6, 6.07) is 7.96. The first-order valence-electron chi connectivity index (χ1n) is 7.81. The molecule has 0 bridgehead atoms. The zero-order valence-corrected chi connectivity index (χ0v) is 14.2. The van der Waals surface area contributed by atoms with Crippen molar-refractivity contribution in [3.05, 3.63) is 48.0 Å². The van der Waals surface area contributed by atoms with Gasteiger partial charge in [0.1, 0.15) is 18.7 Å². The average Bonchev–Trinajstić information content (AvgIpc) is 2.99. The number of amides is 1. The Morgan fingerprint density at radius 3 is 2.39 bits per heavy atom. The number of benzene rings is 1. The summed E-state index contributed by atoms with van der Waals surface area (Å²) in [5.41, 5.74) is 2.34. The highest BCUT2D eigenvalue weighted by molar-refractivity contribution is 5.80. The highest BCUT2D eigenvalue weighted by atomic mass is 16.2. The molecule has 6 nitrogen and oxygen atoms in total. The molecule has 0 aliphatic heterocycles. The summed E-state index contributed by atoms with van der Waals surface area (Å²) in [4.78, 5) is 18.5. The molecule has 23 heavy (non-hydrogen) atoms. The van der Waals surface area contributed by atoms with Gasteiger partial charge < -0.3 is 10.2 Å². The second-order valence-corrected chi connectivity index (χ2v) is 6.34. The molecule has 0 radical (unpaired) electrons. The number of rotatable bonds is 7. The second kappa shape index (κ2) is 7.87. The monoisotopic (exact) mass is 315 g/mol. The molecular weight excluding hydrogens is 290 g/mol. The maximum Gasteiger partial charge on any atom is 0.245 e. The zero-order chi connectivity index (χ0) is 16.8. The summed E-state index contributed by atoms with van der Waals surface area (Å²) >= 11 is 0. The largest absolute Gasteiger partial charge is 0.350 e. The van der Waals surface area contributed by atoms with E-state index in [2.05, 4.69) is 44.6 Å². The molecule has 124 valence electrons. The minimum atomic E-state index is -0.342. The van der Waals surface area contributed by atoms with Gasteiger partial charge >= 0.3 is 0 Å². The van der Waals surface area contributed by atoms with Crippen LogP contribution in [0.3, 0.4) is 0 Å². The van der Waals surface area contributed by atoms with E-state index in [1.807, 2.05) is 27.9 Å². The minimum absolute atomic E-state index is 0.0390. The van der Waals surface area contributed by atoms with Crippen LogP contribution in [0.15, 0.2) is 36.9 Å². The fourth-order valence-electron chi connectivity index (χ4n) is 2.51. The molecule has 0 spiro atoms. The first-order chi connectivity index (χ1) is 11.0. The van der Waals surface area contributed by atoms with Crippen LogP contribution < -0.4 is 5.32 Å². The van der Waals surface area contributed by atoms with E-state index in [4.69, 9.17) is 0 Å². The van der Waals surface area contributed by atoms with Crippen LogP contribution in [-0.2, 0) is 17.9 Å². The number of aromatic nitrogens is 3. The third-order valence-electron chi connectivity index (χ3n) is 3.61. The molecule has 0 saturated carbocycles. The van der Waals surface area contributed by atoms with Gasteiger partial charge in [-0.3, -0.25) is 4.79 Å². The van der Waals surface area contributed by atoms with Crippen molar-refractivity contribution in [2.45, 2.75) is 33.0 Å². The van der Waals surface area contributed by atoms with Crippen LogP contribution in [0.25, 0.3) is 0 Å². The summed E-state index contributed by atoms with van der Waals surface area (Å²) < 4.78 is 1.61. The molecule has 1 heterocycles. The van der Waals surface area contributed by atoms with E-state index in [9.17, 15) is 4.79 Å². The van der Waals surface area contributed by atoms with Crippen LogP contribution in [-0.4, -0.2) is 39.7 Å². The Labute approximate surface area is 137 Å². The molecule has 0 saturated heterocycles. The first kappa shape index (κ1) is 17.1. The van der Waals surface area contributed by atoms with Crippen molar-refractivity contribution in [3.8, 4) is 0 Å². The van der Waals surface area contributed by atoms with Gasteiger partial charge in [0.25, 0.3) is 0 Å². The number of nitrogens with zero attached hydrogens (tertiary/aromatic N) is 4. The van der Waals surface area contributed by atoms with Gasteiger partial charge in [0.15, 0.2) is 0 Å². The van der Waals surface area contributed by atoms with Crippen molar-refractivity contribution >= 4 is 5.91 Å². The fourth-order valence-corrected chi connectivity index (χ4v) is 2.51. The molecule has 2 aromatic rings. The van der Waals surface area contributed by atoms with E-state index >= 15 is 0 Å². The predicted molar refractivity (Wildman–Crippen MR) is 89.6 cm³/mol. The average molecular weight is 315 g/mol. The lowest BCUT2D eigenvalue weighted by molar-refractivity contribution is -0.126. The van der Waals surface area contributed by atoms with Crippen LogP contribution >= 0.6 is 0 Å². The number of hydrogen-bond acceptors (Lipinski definition) is 4. The summed E-state index contributed by atoms with van der Waals surface area (Å²) in [5.74, 6) is 0.0991. The number of nitrogens with one attached hydrogen (secondary N) is 1. The molecule has 1 aromatic carbocycles. The van der Waals surface area contributed by atoms with Gasteiger partial charge in [0.2, 0.25) is 5.91 Å². The van der Waals surface area contributed by atoms with Crippen LogP contribution in [0.5, 0.6) is 0 Å². The third-order valence-corrected chi connectivity index (χ3v) is 3.61. The molecule has 1 atom stereocenters. The molecule has 1 amide bonds. The topological polar surface area (TPSA) is 63.1 Å². The molecule has 1 N–H and O–H groups in total. The van der Waals surface area contributed by atoms with Crippen molar-refractivity contribution in [3.63, 3.8) is 0 Å². The number of carbonyl (C=O) groups is 1. The maximum absolute atomic E-state index is 12.5. The smallest absolute Gasteiger partial charge is 0.245 e. The van der Waals surface area contributed by atoms with E-state index in [0.717, 1.165) is 12.1 Å². The molecular formula is C17H25N5O. The van der Waals surface area contributed by atoms with Crippen LogP contribution in [0.4, 0.5) is 0 Å². The molecule has 0 aliphatic rings. The normalized spacial score (nSPS) is 12.6. The Balaban J connectivity index is 1.95. The standard InChI is InChI=1S/C17H25N5O/c1-13(2)16(22-12-18-11-20-22)17(23)19-9-14-5-7-15(8-6-14)10-21(3)4/h5-8,11-13,16H,9-10H2,1-4H3,(H,19,23). The van der Waals surface area contributed by atoms with Gasteiger partial charge in [0, 0.05) is 13.1 Å². The van der Waals surface area contributed by atoms with Crippen LogP contribution in [0.2, 0.25) is 0 Å². The molecule has 2 rings (SSSR count). The summed E-state index contributed by atoms with van der Waals surface area (Å²) in [6.07, 6.45) is 3.03. The lowest BCUT2D eigenvalue weighted by atomic mass is 10.0. The van der Waals surface area contributed by atoms with Crippen LogP contribution in [0.1, 0.15) is 31.0 Å². The summed E-state index contributed by atoms with van der Waals surface area (Å²) in [6.45, 7) is 5.43. The van der Waals surface area contributed by atoms with Crippen molar-refractivity contribution in [2.24, 2.45) is 5.92 Å². The Kier molecular flexibility index (Phi) is 5.87. The first-order valence-corrected chi connectivity index (χ1v) is 7.81. The van der Waals surface area contributed by atoms with E-state index in [1.165, 1.54) is 11.9 Å². The Hall–Kier alpha value is -2.21. The van der Waals surface area contributed by atoms with E-state index < -0.39 is 0 Å². The van der Waals surface area contributed by atoms with Crippen molar-refractivity contribution in [1.29, 1.82) is 0 Å². The SMILES string of the molecule is CC(C)C(C(=O)NCc1ccc(CN(C)C)cc1)n1cncn1. The summed E-state index contributed by atoms with van der Waals surface area (Å²) in [5, 5.41) is 7.08. The predicted octanol–water partition coefficient (Wildman–Crippen LogP) is 1.85. The Morgan fingerprint density at radius 2 is 1.87 bits per heavy atom. The molecule has 6 heteroatoms. The van der Waals surface area contributed by atoms with Gasteiger partial charge in [-0.2, -0.15) is 5.10 Å². The lowest BCUT2D eigenvalue weighted by Crippen LogP contribution is -2.35. The summed E-state index contributed by atoms with van der Waals surface area (Å²) in [7, 11) is 4.09. The van der Waals surface area contributed by atoms with Gasteiger partial charge in [-0.05, 0) is 31.1 Å². The third kappa shape index (κ3) is 4.89. The second-order valence-electron chi connectivity index (χ2n) is 6.34. The minimum Gasteiger partial charge on any atom is -0.350 e. The molecule has 0 fully saturated rings. The molecule has 1 unspecified atom stereocenters. The van der Waals surface area contributed by atoms with E-state index in [0.29, 0.717) is 6.54 Å². The van der Waals surface area contributed by atoms with Gasteiger partial charge in [0.05, 0.1) is 0 Å². The quantitative estimate of drug-likeness (QED) is 0.847. The van der Waals surface area contributed by atoms with Crippen molar-refractivity contribution in [2.75, 3.05) is 14.1 Å². The van der Waals surface area contributed by atoms with Gasteiger partial charge in [-0.25, -0.2) is 9.67 Å². The lowest BCUT2D eigenvalue weighted by Gasteiger charge is -2.20.